The van der Waals surface area contributed by atoms with Crippen LogP contribution in [-0.2, 0) is 23.8 Å². The van der Waals surface area contributed by atoms with Crippen LogP contribution in [0.3, 0.4) is 0 Å². The molecule has 1 rings (SSSR count). The molecular weight excluding hydrogens is 252 g/mol. The molecule has 6 heteroatoms. The molecule has 1 N–H and O–H groups in total. The highest BCUT2D eigenvalue weighted by molar-refractivity contribution is 5.94. The molecule has 102 valence electrons. The van der Waals surface area contributed by atoms with Crippen molar-refractivity contribution < 1.29 is 28.9 Å². The van der Waals surface area contributed by atoms with E-state index in [9.17, 15) is 9.59 Å². The molecule has 0 aliphatic heterocycles. The summed E-state index contributed by atoms with van der Waals surface area (Å²) in [6.07, 6.45) is 0. The quantitative estimate of drug-likeness (QED) is 0.474. The molecule has 0 amide bonds. The number of carboxylic acids is 1. The number of ether oxygens (including phenoxy) is 3. The summed E-state index contributed by atoms with van der Waals surface area (Å²) in [5.41, 5.74) is 0.579. The van der Waals surface area contributed by atoms with Gasteiger partial charge in [-0.05, 0) is 0 Å². The van der Waals surface area contributed by atoms with E-state index in [-0.39, 0.29) is 11.5 Å². The summed E-state index contributed by atoms with van der Waals surface area (Å²) < 4.78 is 14.6. The van der Waals surface area contributed by atoms with Gasteiger partial charge in [-0.2, -0.15) is 0 Å². The lowest BCUT2D eigenvalue weighted by molar-refractivity contribution is -0.145. The van der Waals surface area contributed by atoms with Crippen LogP contribution in [0.25, 0.3) is 5.76 Å². The van der Waals surface area contributed by atoms with Crippen LogP contribution in [0.15, 0.2) is 36.1 Å². The Labute approximate surface area is 110 Å². The lowest BCUT2D eigenvalue weighted by Crippen LogP contribution is -2.16. The number of carboxylic acid groups (broad SMARTS) is 1. The van der Waals surface area contributed by atoms with Gasteiger partial charge in [0, 0.05) is 5.56 Å². The van der Waals surface area contributed by atoms with Gasteiger partial charge >= 0.3 is 11.9 Å². The third-order valence-electron chi connectivity index (χ3n) is 2.16. The third-order valence-corrected chi connectivity index (χ3v) is 2.16. The van der Waals surface area contributed by atoms with E-state index in [1.165, 1.54) is 14.2 Å². The minimum atomic E-state index is -1.20. The largest absolute Gasteiger partial charge is 0.492 e. The molecule has 6 nitrogen and oxygen atoms in total. The van der Waals surface area contributed by atoms with Crippen molar-refractivity contribution in [2.45, 2.75) is 0 Å². The van der Waals surface area contributed by atoms with Gasteiger partial charge in [0.25, 0.3) is 0 Å². The maximum absolute atomic E-state index is 11.6. The topological polar surface area (TPSA) is 82.1 Å². The van der Waals surface area contributed by atoms with Gasteiger partial charge < -0.3 is 19.3 Å². The molecule has 0 saturated carbocycles. The summed E-state index contributed by atoms with van der Waals surface area (Å²) in [7, 11) is 2.53. The average Bonchev–Trinajstić information content (AvgIpc) is 2.43. The maximum Gasteiger partial charge on any atom is 0.377 e. The SMILES string of the molecule is COC(=O)/C(OCC(=O)O)=C(\OC)c1ccccc1. The van der Waals surface area contributed by atoms with Crippen LogP contribution in [0.5, 0.6) is 0 Å². The number of methoxy groups -OCH3 is 2. The van der Waals surface area contributed by atoms with E-state index in [0.29, 0.717) is 5.56 Å². The monoisotopic (exact) mass is 266 g/mol. The van der Waals surface area contributed by atoms with Gasteiger partial charge in [-0.3, -0.25) is 0 Å². The van der Waals surface area contributed by atoms with Crippen LogP contribution in [0.2, 0.25) is 0 Å². The van der Waals surface area contributed by atoms with E-state index >= 15 is 0 Å². The molecule has 1 aromatic rings. The molecule has 0 spiro atoms. The molecule has 0 heterocycles. The Morgan fingerprint density at radius 2 is 1.74 bits per heavy atom. The van der Waals surface area contributed by atoms with E-state index in [0.717, 1.165) is 0 Å². The minimum Gasteiger partial charge on any atom is -0.492 e. The molecule has 0 radical (unpaired) electrons. The summed E-state index contributed by atoms with van der Waals surface area (Å²) in [5, 5.41) is 8.60. The Bertz CT molecular complexity index is 477. The number of aliphatic carboxylic acids is 1. The Morgan fingerprint density at radius 1 is 1.11 bits per heavy atom. The van der Waals surface area contributed by atoms with E-state index in [1.54, 1.807) is 30.3 Å². The molecule has 0 unspecified atom stereocenters. The molecule has 0 fully saturated rings. The van der Waals surface area contributed by atoms with Crippen molar-refractivity contribution in [1.29, 1.82) is 0 Å². The van der Waals surface area contributed by atoms with Crippen LogP contribution >= 0.6 is 0 Å². The van der Waals surface area contributed by atoms with Crippen molar-refractivity contribution >= 4 is 17.7 Å². The van der Waals surface area contributed by atoms with Crippen molar-refractivity contribution in [3.8, 4) is 0 Å². The lowest BCUT2D eigenvalue weighted by atomic mass is 10.1. The average molecular weight is 266 g/mol. The first-order chi connectivity index (χ1) is 9.10. The summed E-state index contributed by atoms with van der Waals surface area (Å²) >= 11 is 0. The van der Waals surface area contributed by atoms with Crippen LogP contribution in [0.1, 0.15) is 5.56 Å². The first-order valence-electron chi connectivity index (χ1n) is 5.36. The molecule has 0 bridgehead atoms. The minimum absolute atomic E-state index is 0.119. The molecule has 0 aliphatic rings. The van der Waals surface area contributed by atoms with E-state index in [4.69, 9.17) is 14.6 Å². The second kappa shape index (κ2) is 7.05. The van der Waals surface area contributed by atoms with Crippen LogP contribution in [0, 0.1) is 0 Å². The number of carbonyl (C=O) groups is 2. The van der Waals surface area contributed by atoms with Crippen molar-refractivity contribution in [3.63, 3.8) is 0 Å². The van der Waals surface area contributed by atoms with Gasteiger partial charge in [0.2, 0.25) is 5.76 Å². The highest BCUT2D eigenvalue weighted by Crippen LogP contribution is 2.21. The zero-order valence-corrected chi connectivity index (χ0v) is 10.6. The van der Waals surface area contributed by atoms with Crippen molar-refractivity contribution in [1.82, 2.24) is 0 Å². The van der Waals surface area contributed by atoms with Gasteiger partial charge in [-0.1, -0.05) is 30.3 Å². The number of esters is 1. The molecule has 0 saturated heterocycles. The summed E-state index contributed by atoms with van der Waals surface area (Å²) in [6.45, 7) is -0.663. The predicted molar refractivity (Wildman–Crippen MR) is 66.0 cm³/mol. The molecule has 19 heavy (non-hydrogen) atoms. The Balaban J connectivity index is 3.18. The zero-order chi connectivity index (χ0) is 14.3. The highest BCUT2D eigenvalue weighted by Gasteiger charge is 2.21. The normalized spacial score (nSPS) is 11.3. The van der Waals surface area contributed by atoms with Crippen LogP contribution in [-0.4, -0.2) is 37.9 Å². The van der Waals surface area contributed by atoms with Crippen molar-refractivity contribution in [2.24, 2.45) is 0 Å². The Hall–Kier alpha value is -2.50. The first kappa shape index (κ1) is 14.6. The van der Waals surface area contributed by atoms with Gasteiger partial charge in [0.1, 0.15) is 0 Å². The fourth-order valence-corrected chi connectivity index (χ4v) is 1.37. The zero-order valence-electron chi connectivity index (χ0n) is 10.6. The Morgan fingerprint density at radius 3 is 2.21 bits per heavy atom. The molecule has 0 aromatic heterocycles. The Kier molecular flexibility index (Phi) is 5.40. The van der Waals surface area contributed by atoms with Crippen LogP contribution < -0.4 is 0 Å². The van der Waals surface area contributed by atoms with Gasteiger partial charge in [-0.25, -0.2) is 9.59 Å². The standard InChI is InChI=1S/C13H14O6/c1-17-11(9-6-4-3-5-7-9)12(13(16)18-2)19-8-10(14)15/h3-7H,8H2,1-2H3,(H,14,15)/b12-11+. The van der Waals surface area contributed by atoms with Crippen LogP contribution in [0.4, 0.5) is 0 Å². The third kappa shape index (κ3) is 4.02. The van der Waals surface area contributed by atoms with Gasteiger partial charge in [0.05, 0.1) is 14.2 Å². The second-order valence-electron chi connectivity index (χ2n) is 3.40. The van der Waals surface area contributed by atoms with Crippen molar-refractivity contribution in [3.05, 3.63) is 41.7 Å². The van der Waals surface area contributed by atoms with E-state index in [2.05, 4.69) is 4.74 Å². The van der Waals surface area contributed by atoms with Crippen molar-refractivity contribution in [2.75, 3.05) is 20.8 Å². The molecular formula is C13H14O6. The molecule has 0 atom stereocenters. The van der Waals surface area contributed by atoms with Gasteiger partial charge in [-0.15, -0.1) is 0 Å². The number of hydrogen-bond donors (Lipinski definition) is 1. The van der Waals surface area contributed by atoms with E-state index < -0.39 is 18.5 Å². The number of rotatable bonds is 6. The lowest BCUT2D eigenvalue weighted by Gasteiger charge is -2.12. The summed E-state index contributed by atoms with van der Waals surface area (Å²) in [4.78, 5) is 22.1. The summed E-state index contributed by atoms with van der Waals surface area (Å²) in [6, 6.07) is 8.70. The molecule has 1 aromatic carbocycles. The fraction of sp³-hybridized carbons (Fsp3) is 0.231. The number of benzene rings is 1. The molecule has 0 aliphatic carbocycles. The first-order valence-corrected chi connectivity index (χ1v) is 5.36. The number of hydrogen-bond acceptors (Lipinski definition) is 5. The second-order valence-corrected chi connectivity index (χ2v) is 3.40. The number of carbonyl (C=O) groups excluding carboxylic acids is 1. The smallest absolute Gasteiger partial charge is 0.377 e. The maximum atomic E-state index is 11.6. The summed E-state index contributed by atoms with van der Waals surface area (Å²) in [5.74, 6) is -2.17. The predicted octanol–water partition coefficient (Wildman–Crippen LogP) is 1.28. The highest BCUT2D eigenvalue weighted by atomic mass is 16.6. The fourth-order valence-electron chi connectivity index (χ4n) is 1.37. The van der Waals surface area contributed by atoms with E-state index in [1.807, 2.05) is 0 Å². The van der Waals surface area contributed by atoms with Gasteiger partial charge in [0.15, 0.2) is 12.4 Å².